The van der Waals surface area contributed by atoms with Crippen molar-refractivity contribution in [3.05, 3.63) is 71.8 Å². The van der Waals surface area contributed by atoms with Gasteiger partial charge >= 0.3 is 0 Å². The van der Waals surface area contributed by atoms with Crippen molar-refractivity contribution < 1.29 is 9.68 Å². The number of rotatable bonds is 2. The fourth-order valence-electron chi connectivity index (χ4n) is 3.46. The summed E-state index contributed by atoms with van der Waals surface area (Å²) in [6, 6.07) is 21.0. The molecule has 2 aromatic carbocycles. The van der Waals surface area contributed by atoms with Crippen LogP contribution >= 0.6 is 0 Å². The predicted molar refractivity (Wildman–Crippen MR) is 80.0 cm³/mol. The van der Waals surface area contributed by atoms with E-state index in [4.69, 9.17) is 9.68 Å². The molecule has 0 unspecified atom stereocenters. The lowest BCUT2D eigenvalue weighted by molar-refractivity contribution is -0.409. The van der Waals surface area contributed by atoms with Gasteiger partial charge in [0.05, 0.1) is 6.61 Å². The molecule has 2 aliphatic rings. The summed E-state index contributed by atoms with van der Waals surface area (Å²) in [5.74, 6) is 0. The van der Waals surface area contributed by atoms with Gasteiger partial charge in [-0.3, -0.25) is 9.68 Å². The Bertz CT molecular complexity index is 601. The lowest BCUT2D eigenvalue weighted by atomic mass is 9.80. The van der Waals surface area contributed by atoms with Crippen molar-refractivity contribution in [2.75, 3.05) is 6.61 Å². The minimum atomic E-state index is -0.153. The Morgan fingerprint density at radius 3 is 2.43 bits per heavy atom. The SMILES string of the molecule is c1ccc([C@H]2C[C@]3(c4ccccc4)CCCON3O2)cc1. The molecule has 3 nitrogen and oxygen atoms in total. The second kappa shape index (κ2) is 5.26. The molecule has 0 amide bonds. The van der Waals surface area contributed by atoms with Gasteiger partial charge in [0.25, 0.3) is 0 Å². The molecule has 0 radical (unpaired) electrons. The molecule has 4 rings (SSSR count). The number of fused-ring (bicyclic) bond motifs is 1. The fraction of sp³-hybridized carbons (Fsp3) is 0.333. The first-order valence-electron chi connectivity index (χ1n) is 7.59. The zero-order valence-electron chi connectivity index (χ0n) is 11.9. The summed E-state index contributed by atoms with van der Waals surface area (Å²) in [6.45, 7) is 0.732. The Balaban J connectivity index is 1.71. The van der Waals surface area contributed by atoms with E-state index in [0.29, 0.717) is 0 Å². The van der Waals surface area contributed by atoms with Crippen molar-refractivity contribution in [2.24, 2.45) is 0 Å². The van der Waals surface area contributed by atoms with E-state index < -0.39 is 0 Å². The summed E-state index contributed by atoms with van der Waals surface area (Å²) in [5.41, 5.74) is 2.34. The summed E-state index contributed by atoms with van der Waals surface area (Å²) in [5, 5.41) is 1.77. The number of nitrogens with zero attached hydrogens (tertiary/aromatic N) is 1. The summed E-state index contributed by atoms with van der Waals surface area (Å²) in [4.78, 5) is 11.9. The molecule has 2 atom stereocenters. The van der Waals surface area contributed by atoms with Gasteiger partial charge < -0.3 is 0 Å². The van der Waals surface area contributed by atoms with Gasteiger partial charge in [-0.25, -0.2) is 0 Å². The predicted octanol–water partition coefficient (Wildman–Crippen LogP) is 3.99. The van der Waals surface area contributed by atoms with Crippen LogP contribution in [0.25, 0.3) is 0 Å². The largest absolute Gasteiger partial charge is 0.273 e. The van der Waals surface area contributed by atoms with Crippen molar-refractivity contribution in [2.45, 2.75) is 30.9 Å². The smallest absolute Gasteiger partial charge is 0.109 e. The second-order valence-electron chi connectivity index (χ2n) is 5.80. The molecule has 0 saturated carbocycles. The molecule has 0 N–H and O–H groups in total. The highest BCUT2D eigenvalue weighted by molar-refractivity contribution is 5.28. The van der Waals surface area contributed by atoms with E-state index in [0.717, 1.165) is 25.9 Å². The van der Waals surface area contributed by atoms with Crippen molar-refractivity contribution in [3.8, 4) is 0 Å². The molecular weight excluding hydrogens is 262 g/mol. The number of hydroxylamine groups is 2. The van der Waals surface area contributed by atoms with Crippen LogP contribution in [-0.2, 0) is 15.2 Å². The Kier molecular flexibility index (Phi) is 3.26. The number of hydrogen-bond acceptors (Lipinski definition) is 3. The van der Waals surface area contributed by atoms with Crippen molar-refractivity contribution >= 4 is 0 Å². The molecule has 2 aromatic rings. The van der Waals surface area contributed by atoms with Gasteiger partial charge in [0.15, 0.2) is 0 Å². The van der Waals surface area contributed by atoms with E-state index in [-0.39, 0.29) is 11.6 Å². The zero-order chi connectivity index (χ0) is 14.1. The summed E-state index contributed by atoms with van der Waals surface area (Å²) >= 11 is 0. The Morgan fingerprint density at radius 2 is 1.67 bits per heavy atom. The van der Waals surface area contributed by atoms with E-state index in [1.807, 2.05) is 6.07 Å². The van der Waals surface area contributed by atoms with Crippen LogP contribution in [0.4, 0.5) is 0 Å². The first-order valence-corrected chi connectivity index (χ1v) is 7.59. The van der Waals surface area contributed by atoms with Gasteiger partial charge in [-0.05, 0) is 24.0 Å². The summed E-state index contributed by atoms with van der Waals surface area (Å²) < 4.78 is 0. The van der Waals surface area contributed by atoms with E-state index in [1.165, 1.54) is 11.1 Å². The van der Waals surface area contributed by atoms with Gasteiger partial charge in [-0.2, -0.15) is 0 Å². The normalized spacial score (nSPS) is 29.2. The lowest BCUT2D eigenvalue weighted by Crippen LogP contribution is -2.44. The molecule has 108 valence electrons. The third kappa shape index (κ3) is 2.18. The third-order valence-electron chi connectivity index (χ3n) is 4.52. The van der Waals surface area contributed by atoms with Crippen LogP contribution < -0.4 is 0 Å². The maximum absolute atomic E-state index is 6.12. The highest BCUT2D eigenvalue weighted by Gasteiger charge is 2.51. The molecule has 2 saturated heterocycles. The van der Waals surface area contributed by atoms with Crippen molar-refractivity contribution in [3.63, 3.8) is 0 Å². The molecule has 0 aromatic heterocycles. The molecule has 2 fully saturated rings. The number of benzene rings is 2. The quantitative estimate of drug-likeness (QED) is 0.831. The number of hydrogen-bond donors (Lipinski definition) is 0. The molecule has 2 heterocycles. The van der Waals surface area contributed by atoms with Crippen LogP contribution in [0.15, 0.2) is 60.7 Å². The Labute approximate surface area is 125 Å². The molecular formula is C18H19NO2. The van der Waals surface area contributed by atoms with E-state index in [9.17, 15) is 0 Å². The molecule has 0 bridgehead atoms. The molecule has 3 heteroatoms. The van der Waals surface area contributed by atoms with E-state index in [1.54, 1.807) is 5.23 Å². The van der Waals surface area contributed by atoms with Crippen LogP contribution in [0.3, 0.4) is 0 Å². The molecule has 2 aliphatic heterocycles. The second-order valence-corrected chi connectivity index (χ2v) is 5.80. The first-order chi connectivity index (χ1) is 10.4. The van der Waals surface area contributed by atoms with E-state index >= 15 is 0 Å². The van der Waals surface area contributed by atoms with Gasteiger partial charge in [-0.1, -0.05) is 65.9 Å². The fourth-order valence-corrected chi connectivity index (χ4v) is 3.46. The van der Waals surface area contributed by atoms with Gasteiger partial charge in [0.2, 0.25) is 0 Å². The van der Waals surface area contributed by atoms with Gasteiger partial charge in [0.1, 0.15) is 11.6 Å². The Hall–Kier alpha value is -1.68. The minimum absolute atomic E-state index is 0.0597. The van der Waals surface area contributed by atoms with Crippen LogP contribution in [0.5, 0.6) is 0 Å². The molecule has 0 spiro atoms. The van der Waals surface area contributed by atoms with Crippen LogP contribution in [0.1, 0.15) is 36.5 Å². The highest BCUT2D eigenvalue weighted by atomic mass is 17.0. The molecule has 0 aliphatic carbocycles. The molecule has 21 heavy (non-hydrogen) atoms. The lowest BCUT2D eigenvalue weighted by Gasteiger charge is -2.39. The minimum Gasteiger partial charge on any atom is -0.273 e. The monoisotopic (exact) mass is 281 g/mol. The topological polar surface area (TPSA) is 21.7 Å². The average molecular weight is 281 g/mol. The standard InChI is InChI=1S/C18H19NO2/c1-3-8-15(9-4-1)17-14-18(16-10-5-2-6-11-16)12-7-13-20-19(18)21-17/h1-6,8-11,17H,7,12-14H2/t17-,18+/m1/s1. The van der Waals surface area contributed by atoms with Crippen LogP contribution in [0.2, 0.25) is 0 Å². The van der Waals surface area contributed by atoms with Crippen LogP contribution in [0, 0.1) is 0 Å². The van der Waals surface area contributed by atoms with Gasteiger partial charge in [-0.15, -0.1) is 0 Å². The highest BCUT2D eigenvalue weighted by Crippen LogP contribution is 2.50. The zero-order valence-corrected chi connectivity index (χ0v) is 11.9. The van der Waals surface area contributed by atoms with Crippen molar-refractivity contribution in [1.29, 1.82) is 0 Å². The third-order valence-corrected chi connectivity index (χ3v) is 4.52. The maximum Gasteiger partial charge on any atom is 0.109 e. The van der Waals surface area contributed by atoms with Crippen LogP contribution in [-0.4, -0.2) is 11.8 Å². The van der Waals surface area contributed by atoms with Crippen molar-refractivity contribution in [1.82, 2.24) is 5.23 Å². The first kappa shape index (κ1) is 13.0. The average Bonchev–Trinajstić information content (AvgIpc) is 2.97. The maximum atomic E-state index is 6.12. The summed E-state index contributed by atoms with van der Waals surface area (Å²) in [7, 11) is 0. The van der Waals surface area contributed by atoms with E-state index in [2.05, 4.69) is 54.6 Å². The summed E-state index contributed by atoms with van der Waals surface area (Å²) in [6.07, 6.45) is 3.13. The van der Waals surface area contributed by atoms with Gasteiger partial charge in [0, 0.05) is 6.42 Å². The Morgan fingerprint density at radius 1 is 0.952 bits per heavy atom.